The van der Waals surface area contributed by atoms with E-state index in [1.807, 2.05) is 25.2 Å². The zero-order valence-electron chi connectivity index (χ0n) is 10.8. The number of Topliss-reactive ketones (excluding diaryl/α,β-unsaturated/α-hetero) is 1. The summed E-state index contributed by atoms with van der Waals surface area (Å²) in [6, 6.07) is 5.58. The van der Waals surface area contributed by atoms with Gasteiger partial charge in [-0.1, -0.05) is 22.4 Å². The van der Waals surface area contributed by atoms with Crippen LogP contribution in [0.1, 0.15) is 29.6 Å². The second kappa shape index (κ2) is 5.41. The highest BCUT2D eigenvalue weighted by Crippen LogP contribution is 2.44. The third kappa shape index (κ3) is 2.31. The van der Waals surface area contributed by atoms with E-state index in [0.717, 1.165) is 30.3 Å². The lowest BCUT2D eigenvalue weighted by Crippen LogP contribution is -2.45. The second-order valence-corrected chi connectivity index (χ2v) is 5.75. The van der Waals surface area contributed by atoms with Crippen molar-refractivity contribution in [1.82, 2.24) is 5.32 Å². The van der Waals surface area contributed by atoms with Gasteiger partial charge in [0, 0.05) is 16.4 Å². The Balaban J connectivity index is 2.35. The van der Waals surface area contributed by atoms with Gasteiger partial charge in [-0.3, -0.25) is 4.79 Å². The molecular weight excluding hydrogens is 294 g/mol. The lowest BCUT2D eigenvalue weighted by atomic mass is 9.64. The molecule has 98 valence electrons. The van der Waals surface area contributed by atoms with Crippen LogP contribution in [-0.4, -0.2) is 26.5 Å². The molecule has 1 saturated carbocycles. The molecule has 1 aromatic rings. The third-order valence-electron chi connectivity index (χ3n) is 3.71. The van der Waals surface area contributed by atoms with Gasteiger partial charge in [0.25, 0.3) is 0 Å². The Morgan fingerprint density at radius 3 is 2.72 bits per heavy atom. The summed E-state index contributed by atoms with van der Waals surface area (Å²) >= 11 is 3.42. The van der Waals surface area contributed by atoms with Crippen molar-refractivity contribution in [3.05, 3.63) is 28.2 Å². The number of benzene rings is 1. The molecule has 1 fully saturated rings. The number of hydrogen-bond acceptors (Lipinski definition) is 3. The fraction of sp³-hybridized carbons (Fsp3) is 0.500. The summed E-state index contributed by atoms with van der Waals surface area (Å²) in [5.41, 5.74) is 0.449. The van der Waals surface area contributed by atoms with E-state index < -0.39 is 0 Å². The van der Waals surface area contributed by atoms with E-state index in [9.17, 15) is 4.79 Å². The zero-order valence-corrected chi connectivity index (χ0v) is 12.3. The molecule has 2 rings (SSSR count). The van der Waals surface area contributed by atoms with Crippen molar-refractivity contribution >= 4 is 21.7 Å². The first-order valence-corrected chi connectivity index (χ1v) is 6.95. The molecule has 4 heteroatoms. The van der Waals surface area contributed by atoms with E-state index in [4.69, 9.17) is 4.74 Å². The van der Waals surface area contributed by atoms with E-state index in [-0.39, 0.29) is 11.2 Å². The van der Waals surface area contributed by atoms with Crippen molar-refractivity contribution in [3.63, 3.8) is 0 Å². The highest BCUT2D eigenvalue weighted by Gasteiger charge is 2.44. The smallest absolute Gasteiger partial charge is 0.174 e. The molecule has 0 saturated heterocycles. The number of halogens is 1. The predicted octanol–water partition coefficient (Wildman–Crippen LogP) is 3.03. The molecule has 0 radical (unpaired) electrons. The molecule has 0 amide bonds. The highest BCUT2D eigenvalue weighted by atomic mass is 79.9. The lowest BCUT2D eigenvalue weighted by molar-refractivity contribution is 0.0611. The van der Waals surface area contributed by atoms with Gasteiger partial charge in [-0.15, -0.1) is 0 Å². The number of methoxy groups -OCH3 is 1. The SMILES string of the molecule is CNCC1(C(=O)c2cc(Br)ccc2OC)CCC1. The molecule has 18 heavy (non-hydrogen) atoms. The van der Waals surface area contributed by atoms with Gasteiger partial charge in [0.2, 0.25) is 0 Å². The van der Waals surface area contributed by atoms with Crippen molar-refractivity contribution in [2.24, 2.45) is 5.41 Å². The molecule has 3 nitrogen and oxygen atoms in total. The van der Waals surface area contributed by atoms with Gasteiger partial charge >= 0.3 is 0 Å². The molecule has 0 bridgehead atoms. The molecule has 1 N–H and O–H groups in total. The minimum atomic E-state index is -0.233. The highest BCUT2D eigenvalue weighted by molar-refractivity contribution is 9.10. The summed E-state index contributed by atoms with van der Waals surface area (Å²) in [6.07, 6.45) is 3.05. The Bertz CT molecular complexity index is 455. The van der Waals surface area contributed by atoms with Gasteiger partial charge in [0.15, 0.2) is 5.78 Å². The Hall–Kier alpha value is -0.870. The van der Waals surface area contributed by atoms with Gasteiger partial charge in [-0.2, -0.15) is 0 Å². The normalized spacial score (nSPS) is 17.1. The number of hydrogen-bond donors (Lipinski definition) is 1. The minimum Gasteiger partial charge on any atom is -0.496 e. The standard InChI is InChI=1S/C14H18BrNO2/c1-16-9-14(6-3-7-14)13(17)11-8-10(15)4-5-12(11)18-2/h4-5,8,16H,3,6-7,9H2,1-2H3. The van der Waals surface area contributed by atoms with Gasteiger partial charge < -0.3 is 10.1 Å². The summed E-state index contributed by atoms with van der Waals surface area (Å²) in [7, 11) is 3.50. The number of carbonyl (C=O) groups is 1. The van der Waals surface area contributed by atoms with Gasteiger partial charge in [-0.25, -0.2) is 0 Å². The fourth-order valence-corrected chi connectivity index (χ4v) is 2.93. The first-order chi connectivity index (χ1) is 8.63. The molecule has 0 atom stereocenters. The van der Waals surface area contributed by atoms with Crippen LogP contribution >= 0.6 is 15.9 Å². The third-order valence-corrected chi connectivity index (χ3v) is 4.21. The van der Waals surface area contributed by atoms with Crippen LogP contribution < -0.4 is 10.1 Å². The van der Waals surface area contributed by atoms with Crippen LogP contribution in [0.3, 0.4) is 0 Å². The van der Waals surface area contributed by atoms with E-state index >= 15 is 0 Å². The predicted molar refractivity (Wildman–Crippen MR) is 75.2 cm³/mol. The first-order valence-electron chi connectivity index (χ1n) is 6.16. The number of nitrogens with one attached hydrogen (secondary N) is 1. The van der Waals surface area contributed by atoms with Gasteiger partial charge in [0.05, 0.1) is 12.7 Å². The molecule has 1 aliphatic carbocycles. The van der Waals surface area contributed by atoms with Gasteiger partial charge in [0.1, 0.15) is 5.75 Å². The monoisotopic (exact) mass is 311 g/mol. The van der Waals surface area contributed by atoms with E-state index in [1.165, 1.54) is 0 Å². The largest absolute Gasteiger partial charge is 0.496 e. The number of carbonyl (C=O) groups excluding carboxylic acids is 1. The average molecular weight is 312 g/mol. The van der Waals surface area contributed by atoms with Crippen molar-refractivity contribution in [1.29, 1.82) is 0 Å². The van der Waals surface area contributed by atoms with Crippen LogP contribution in [0.25, 0.3) is 0 Å². The Morgan fingerprint density at radius 1 is 1.50 bits per heavy atom. The molecule has 0 aliphatic heterocycles. The first kappa shape index (κ1) is 13.6. The fourth-order valence-electron chi connectivity index (χ4n) is 2.57. The van der Waals surface area contributed by atoms with Crippen LogP contribution in [-0.2, 0) is 0 Å². The van der Waals surface area contributed by atoms with E-state index in [2.05, 4.69) is 21.2 Å². The summed E-state index contributed by atoms with van der Waals surface area (Å²) < 4.78 is 6.21. The quantitative estimate of drug-likeness (QED) is 0.849. The second-order valence-electron chi connectivity index (χ2n) is 4.84. The van der Waals surface area contributed by atoms with Gasteiger partial charge in [-0.05, 0) is 38.1 Å². The molecule has 0 aromatic heterocycles. The molecule has 1 aliphatic rings. The molecular formula is C14H18BrNO2. The van der Waals surface area contributed by atoms with E-state index in [1.54, 1.807) is 7.11 Å². The molecule has 0 heterocycles. The summed E-state index contributed by atoms with van der Waals surface area (Å²) in [5.74, 6) is 0.854. The number of rotatable bonds is 5. The van der Waals surface area contributed by atoms with Crippen LogP contribution in [0.4, 0.5) is 0 Å². The van der Waals surface area contributed by atoms with E-state index in [0.29, 0.717) is 11.3 Å². The number of ketones is 1. The number of ether oxygens (including phenoxy) is 1. The minimum absolute atomic E-state index is 0.196. The Morgan fingerprint density at radius 2 is 2.22 bits per heavy atom. The average Bonchev–Trinajstić information content (AvgIpc) is 2.33. The van der Waals surface area contributed by atoms with Crippen LogP contribution in [0.5, 0.6) is 5.75 Å². The maximum absolute atomic E-state index is 12.7. The maximum Gasteiger partial charge on any atom is 0.174 e. The van der Waals surface area contributed by atoms with Crippen LogP contribution in [0, 0.1) is 5.41 Å². The topological polar surface area (TPSA) is 38.3 Å². The Kier molecular flexibility index (Phi) is 4.07. The summed E-state index contributed by atoms with van der Waals surface area (Å²) in [4.78, 5) is 12.7. The van der Waals surface area contributed by atoms with Crippen LogP contribution in [0.2, 0.25) is 0 Å². The molecule has 1 aromatic carbocycles. The summed E-state index contributed by atoms with van der Waals surface area (Å²) in [5, 5.41) is 3.14. The molecule has 0 spiro atoms. The van der Waals surface area contributed by atoms with Crippen molar-refractivity contribution in [2.75, 3.05) is 20.7 Å². The van der Waals surface area contributed by atoms with Crippen molar-refractivity contribution in [2.45, 2.75) is 19.3 Å². The maximum atomic E-state index is 12.7. The lowest BCUT2D eigenvalue weighted by Gasteiger charge is -2.40. The molecule has 0 unspecified atom stereocenters. The van der Waals surface area contributed by atoms with Crippen LogP contribution in [0.15, 0.2) is 22.7 Å². The van der Waals surface area contributed by atoms with Crippen molar-refractivity contribution < 1.29 is 9.53 Å². The summed E-state index contributed by atoms with van der Waals surface area (Å²) in [6.45, 7) is 0.738. The Labute approximate surface area is 116 Å². The zero-order chi connectivity index (χ0) is 13.2. The van der Waals surface area contributed by atoms with Crippen molar-refractivity contribution in [3.8, 4) is 5.75 Å².